The zero-order valence-corrected chi connectivity index (χ0v) is 9.10. The lowest BCUT2D eigenvalue weighted by Gasteiger charge is -2.20. The van der Waals surface area contributed by atoms with Gasteiger partial charge in [-0.2, -0.15) is 0 Å². The van der Waals surface area contributed by atoms with Crippen LogP contribution in [0.2, 0.25) is 6.32 Å². The summed E-state index contributed by atoms with van der Waals surface area (Å²) in [5, 5.41) is 11.4. The summed E-state index contributed by atoms with van der Waals surface area (Å²) in [6, 6.07) is 0.0941. The second kappa shape index (κ2) is 8.51. The highest BCUT2D eigenvalue weighted by molar-refractivity contribution is 6.08. The number of nitrogens with one attached hydrogen (secondary N) is 1. The lowest BCUT2D eigenvalue weighted by Crippen LogP contribution is -2.40. The molecule has 2 nitrogen and oxygen atoms in total. The average Bonchev–Trinajstić information content (AvgIpc) is 2.17. The molecular weight excluding hydrogens is 168 g/mol. The molecule has 0 aliphatic carbocycles. The Morgan fingerprint density at radius 3 is 2.31 bits per heavy atom. The van der Waals surface area contributed by atoms with E-state index >= 15 is 0 Å². The Labute approximate surface area is 82.3 Å². The number of alkyl halides is 1. The van der Waals surface area contributed by atoms with Crippen LogP contribution in [0.1, 0.15) is 27.7 Å². The molecule has 78 valence electrons. The standard InChI is InChI=1S/C7H15BFNO.C2H6/c1-6(3-8)10-4-7(2,9)5-11;1-2/h6,10-11H,3-5H2,1-2H3;1-2H3. The maximum atomic E-state index is 13.0. The Kier molecular flexibility index (Phi) is 10.1. The lowest BCUT2D eigenvalue weighted by molar-refractivity contribution is 0.0855. The first-order chi connectivity index (χ1) is 6.02. The molecule has 2 N–H and O–H groups in total. The molecule has 13 heavy (non-hydrogen) atoms. The highest BCUT2D eigenvalue weighted by atomic mass is 19.1. The molecule has 0 saturated carbocycles. The van der Waals surface area contributed by atoms with Crippen molar-refractivity contribution >= 4 is 7.85 Å². The molecule has 0 aromatic rings. The molecular formula is C9H21BFNO. The van der Waals surface area contributed by atoms with Gasteiger partial charge in [-0.05, 0) is 13.0 Å². The number of hydrogen-bond donors (Lipinski definition) is 2. The minimum absolute atomic E-state index is 0.0941. The number of hydrogen-bond acceptors (Lipinski definition) is 2. The second-order valence-electron chi connectivity index (χ2n) is 3.09. The third-order valence-electron chi connectivity index (χ3n) is 1.50. The largest absolute Gasteiger partial charge is 0.393 e. The van der Waals surface area contributed by atoms with Gasteiger partial charge in [0.05, 0.1) is 14.5 Å². The summed E-state index contributed by atoms with van der Waals surface area (Å²) in [6.45, 7) is 6.90. The highest BCUT2D eigenvalue weighted by Gasteiger charge is 2.21. The zero-order valence-electron chi connectivity index (χ0n) is 9.10. The van der Waals surface area contributed by atoms with Gasteiger partial charge in [-0.15, -0.1) is 0 Å². The van der Waals surface area contributed by atoms with Crippen LogP contribution < -0.4 is 5.32 Å². The molecule has 0 aliphatic rings. The van der Waals surface area contributed by atoms with E-state index in [0.29, 0.717) is 6.32 Å². The molecule has 0 saturated heterocycles. The molecule has 0 aliphatic heterocycles. The molecule has 0 spiro atoms. The summed E-state index contributed by atoms with van der Waals surface area (Å²) in [7, 11) is 5.30. The topological polar surface area (TPSA) is 32.3 Å². The quantitative estimate of drug-likeness (QED) is 0.639. The number of rotatable bonds is 5. The predicted molar refractivity (Wildman–Crippen MR) is 56.0 cm³/mol. The third-order valence-corrected chi connectivity index (χ3v) is 1.50. The Bertz CT molecular complexity index is 112. The van der Waals surface area contributed by atoms with Crippen LogP contribution in [-0.2, 0) is 0 Å². The van der Waals surface area contributed by atoms with Crippen molar-refractivity contribution in [1.82, 2.24) is 5.32 Å². The highest BCUT2D eigenvalue weighted by Crippen LogP contribution is 2.06. The van der Waals surface area contributed by atoms with Crippen molar-refractivity contribution in [2.24, 2.45) is 0 Å². The monoisotopic (exact) mass is 189 g/mol. The van der Waals surface area contributed by atoms with Crippen molar-refractivity contribution in [2.75, 3.05) is 13.2 Å². The van der Waals surface area contributed by atoms with Gasteiger partial charge < -0.3 is 10.4 Å². The number of halogens is 1. The average molecular weight is 189 g/mol. The molecule has 0 fully saturated rings. The van der Waals surface area contributed by atoms with E-state index < -0.39 is 12.3 Å². The number of aliphatic hydroxyl groups is 1. The van der Waals surface area contributed by atoms with Crippen LogP contribution >= 0.6 is 0 Å². The van der Waals surface area contributed by atoms with E-state index in [0.717, 1.165) is 0 Å². The molecule has 2 radical (unpaired) electrons. The van der Waals surface area contributed by atoms with Gasteiger partial charge in [0.1, 0.15) is 5.67 Å². The molecule has 4 heteroatoms. The van der Waals surface area contributed by atoms with Crippen LogP contribution in [0.25, 0.3) is 0 Å². The Morgan fingerprint density at radius 2 is 2.00 bits per heavy atom. The van der Waals surface area contributed by atoms with Crippen LogP contribution in [0, 0.1) is 0 Å². The van der Waals surface area contributed by atoms with Crippen molar-refractivity contribution in [3.8, 4) is 0 Å². The Hall–Kier alpha value is -0.0851. The summed E-state index contributed by atoms with van der Waals surface area (Å²) in [5.41, 5.74) is -1.54. The third kappa shape index (κ3) is 9.83. The van der Waals surface area contributed by atoms with Gasteiger partial charge in [0.2, 0.25) is 0 Å². The van der Waals surface area contributed by atoms with Crippen molar-refractivity contribution in [2.45, 2.75) is 45.7 Å². The van der Waals surface area contributed by atoms with Crippen LogP contribution in [0.15, 0.2) is 0 Å². The minimum atomic E-state index is -1.54. The van der Waals surface area contributed by atoms with E-state index in [2.05, 4.69) is 5.32 Å². The molecule has 2 atom stereocenters. The lowest BCUT2D eigenvalue weighted by atomic mass is 9.98. The van der Waals surface area contributed by atoms with E-state index in [-0.39, 0.29) is 12.6 Å². The van der Waals surface area contributed by atoms with Gasteiger partial charge in [-0.25, -0.2) is 4.39 Å². The first-order valence-corrected chi connectivity index (χ1v) is 4.75. The normalized spacial score (nSPS) is 16.8. The summed E-state index contributed by atoms with van der Waals surface area (Å²) in [5.74, 6) is 0. The molecule has 0 heterocycles. The van der Waals surface area contributed by atoms with Crippen molar-refractivity contribution < 1.29 is 9.50 Å². The fraction of sp³-hybridized carbons (Fsp3) is 1.00. The van der Waals surface area contributed by atoms with Crippen LogP contribution in [0.5, 0.6) is 0 Å². The summed E-state index contributed by atoms with van der Waals surface area (Å²) in [4.78, 5) is 0. The van der Waals surface area contributed by atoms with E-state index in [4.69, 9.17) is 13.0 Å². The fourth-order valence-electron chi connectivity index (χ4n) is 0.526. The minimum Gasteiger partial charge on any atom is -0.393 e. The maximum Gasteiger partial charge on any atom is 0.143 e. The van der Waals surface area contributed by atoms with Gasteiger partial charge >= 0.3 is 0 Å². The zero-order chi connectivity index (χ0) is 10.9. The number of aliphatic hydroxyl groups excluding tert-OH is 1. The molecule has 0 aromatic carbocycles. The van der Waals surface area contributed by atoms with E-state index in [1.807, 2.05) is 20.8 Å². The smallest absolute Gasteiger partial charge is 0.143 e. The van der Waals surface area contributed by atoms with Crippen molar-refractivity contribution in [3.63, 3.8) is 0 Å². The predicted octanol–water partition coefficient (Wildman–Crippen LogP) is 1.30. The molecule has 0 aromatic heterocycles. The fourth-order valence-corrected chi connectivity index (χ4v) is 0.526. The van der Waals surface area contributed by atoms with Crippen molar-refractivity contribution in [1.29, 1.82) is 0 Å². The van der Waals surface area contributed by atoms with Gasteiger partial charge in [-0.3, -0.25) is 0 Å². The molecule has 2 unspecified atom stereocenters. The maximum absolute atomic E-state index is 13.0. The van der Waals surface area contributed by atoms with E-state index in [9.17, 15) is 4.39 Å². The molecule has 0 amide bonds. The van der Waals surface area contributed by atoms with Crippen LogP contribution in [-0.4, -0.2) is 37.8 Å². The van der Waals surface area contributed by atoms with Gasteiger partial charge in [0.15, 0.2) is 0 Å². The van der Waals surface area contributed by atoms with E-state index in [1.165, 1.54) is 6.92 Å². The van der Waals surface area contributed by atoms with Gasteiger partial charge in [0.25, 0.3) is 0 Å². The molecule has 0 rings (SSSR count). The Morgan fingerprint density at radius 1 is 1.54 bits per heavy atom. The summed E-state index contributed by atoms with van der Waals surface area (Å²) < 4.78 is 13.0. The van der Waals surface area contributed by atoms with E-state index in [1.54, 1.807) is 0 Å². The second-order valence-corrected chi connectivity index (χ2v) is 3.09. The SMILES string of the molecule is CC.[B]CC(C)NCC(C)(F)CO. The van der Waals surface area contributed by atoms with Gasteiger partial charge in [0, 0.05) is 6.54 Å². The first-order valence-electron chi connectivity index (χ1n) is 4.75. The van der Waals surface area contributed by atoms with Gasteiger partial charge in [-0.1, -0.05) is 27.1 Å². The summed E-state index contributed by atoms with van der Waals surface area (Å²) in [6.07, 6.45) is 0.474. The molecule has 0 bridgehead atoms. The van der Waals surface area contributed by atoms with Crippen LogP contribution in [0.3, 0.4) is 0 Å². The van der Waals surface area contributed by atoms with Crippen molar-refractivity contribution in [3.05, 3.63) is 0 Å². The van der Waals surface area contributed by atoms with Crippen LogP contribution in [0.4, 0.5) is 4.39 Å². The Balaban J connectivity index is 0. The first kappa shape index (κ1) is 15.4. The summed E-state index contributed by atoms with van der Waals surface area (Å²) >= 11 is 0.